The van der Waals surface area contributed by atoms with Gasteiger partial charge in [-0.2, -0.15) is 0 Å². The van der Waals surface area contributed by atoms with Gasteiger partial charge in [0.15, 0.2) is 0 Å². The fourth-order valence-electron chi connectivity index (χ4n) is 1.58. The van der Waals surface area contributed by atoms with Crippen LogP contribution in [-0.2, 0) is 11.3 Å². The molecule has 0 aliphatic rings. The van der Waals surface area contributed by atoms with Crippen LogP contribution < -0.4 is 10.6 Å². The fourth-order valence-corrected chi connectivity index (χ4v) is 1.99. The number of carbonyl (C=O) groups excluding carboxylic acids is 1. The standard InChI is InChI=1S/C15H24N2OS/c1-11(14(18)17-15(2,3)4)16-10-12-6-8-13(19-5)9-7-12/h6-9,11,16H,10H2,1-5H3,(H,17,18). The monoisotopic (exact) mass is 280 g/mol. The molecule has 106 valence electrons. The molecule has 0 aliphatic heterocycles. The van der Waals surface area contributed by atoms with E-state index in [0.29, 0.717) is 6.54 Å². The molecule has 4 heteroatoms. The molecule has 0 spiro atoms. The molecule has 3 nitrogen and oxygen atoms in total. The number of benzene rings is 1. The summed E-state index contributed by atoms with van der Waals surface area (Å²) in [4.78, 5) is 13.2. The van der Waals surface area contributed by atoms with Crippen LogP contribution in [0.4, 0.5) is 0 Å². The number of carbonyl (C=O) groups is 1. The molecule has 1 unspecified atom stereocenters. The Balaban J connectivity index is 2.44. The molecule has 0 bridgehead atoms. The van der Waals surface area contributed by atoms with E-state index >= 15 is 0 Å². The second-order valence-corrected chi connectivity index (χ2v) is 6.57. The van der Waals surface area contributed by atoms with Gasteiger partial charge < -0.3 is 10.6 Å². The van der Waals surface area contributed by atoms with Crippen LogP contribution in [0.5, 0.6) is 0 Å². The molecule has 1 atom stereocenters. The quantitative estimate of drug-likeness (QED) is 0.815. The first-order valence-electron chi connectivity index (χ1n) is 6.50. The SMILES string of the molecule is CSc1ccc(CNC(C)C(=O)NC(C)(C)C)cc1. The number of rotatable bonds is 5. The molecule has 0 aliphatic carbocycles. The third-order valence-corrected chi connectivity index (χ3v) is 3.41. The summed E-state index contributed by atoms with van der Waals surface area (Å²) in [7, 11) is 0. The molecule has 1 aromatic carbocycles. The Morgan fingerprint density at radius 3 is 2.32 bits per heavy atom. The lowest BCUT2D eigenvalue weighted by Crippen LogP contribution is -2.49. The molecular weight excluding hydrogens is 256 g/mol. The Bertz CT molecular complexity index is 409. The van der Waals surface area contributed by atoms with E-state index in [0.717, 1.165) is 0 Å². The summed E-state index contributed by atoms with van der Waals surface area (Å²) in [6.45, 7) is 8.54. The minimum atomic E-state index is -0.195. The zero-order valence-corrected chi connectivity index (χ0v) is 13.2. The van der Waals surface area contributed by atoms with Gasteiger partial charge in [0.1, 0.15) is 0 Å². The molecule has 0 heterocycles. The minimum Gasteiger partial charge on any atom is -0.350 e. The Kier molecular flexibility index (Phi) is 5.88. The average Bonchev–Trinajstić information content (AvgIpc) is 2.34. The molecule has 1 rings (SSSR count). The van der Waals surface area contributed by atoms with Crippen LogP contribution in [0, 0.1) is 0 Å². The number of hydrogen-bond acceptors (Lipinski definition) is 3. The van der Waals surface area contributed by atoms with Crippen LogP contribution in [0.15, 0.2) is 29.2 Å². The van der Waals surface area contributed by atoms with Gasteiger partial charge in [0.2, 0.25) is 5.91 Å². The van der Waals surface area contributed by atoms with Crippen molar-refractivity contribution < 1.29 is 4.79 Å². The van der Waals surface area contributed by atoms with Crippen molar-refractivity contribution in [1.82, 2.24) is 10.6 Å². The van der Waals surface area contributed by atoms with Gasteiger partial charge in [-0.15, -0.1) is 11.8 Å². The highest BCUT2D eigenvalue weighted by Crippen LogP contribution is 2.14. The summed E-state index contributed by atoms with van der Waals surface area (Å²) in [6, 6.07) is 8.18. The average molecular weight is 280 g/mol. The predicted octanol–water partition coefficient (Wildman–Crippen LogP) is 2.80. The Hall–Kier alpha value is -1.00. The topological polar surface area (TPSA) is 41.1 Å². The lowest BCUT2D eigenvalue weighted by atomic mass is 10.1. The summed E-state index contributed by atoms with van der Waals surface area (Å²) in [5, 5.41) is 6.21. The predicted molar refractivity (Wildman–Crippen MR) is 82.4 cm³/mol. The van der Waals surface area contributed by atoms with Gasteiger partial charge in [-0.25, -0.2) is 0 Å². The van der Waals surface area contributed by atoms with Crippen LogP contribution in [0.2, 0.25) is 0 Å². The Labute approximate surface area is 120 Å². The van der Waals surface area contributed by atoms with Crippen molar-refractivity contribution in [3.63, 3.8) is 0 Å². The van der Waals surface area contributed by atoms with Crippen molar-refractivity contribution >= 4 is 17.7 Å². The Morgan fingerprint density at radius 2 is 1.84 bits per heavy atom. The van der Waals surface area contributed by atoms with Gasteiger partial charge in [-0.1, -0.05) is 12.1 Å². The smallest absolute Gasteiger partial charge is 0.237 e. The van der Waals surface area contributed by atoms with Crippen LogP contribution in [0.3, 0.4) is 0 Å². The summed E-state index contributed by atoms with van der Waals surface area (Å²) in [5.74, 6) is 0.0354. The van der Waals surface area contributed by atoms with E-state index in [2.05, 4.69) is 41.2 Å². The molecule has 19 heavy (non-hydrogen) atoms. The van der Waals surface area contributed by atoms with Gasteiger partial charge in [-0.3, -0.25) is 4.79 Å². The van der Waals surface area contributed by atoms with Crippen LogP contribution >= 0.6 is 11.8 Å². The first-order valence-corrected chi connectivity index (χ1v) is 7.72. The van der Waals surface area contributed by atoms with Gasteiger partial charge in [0.05, 0.1) is 6.04 Å². The highest BCUT2D eigenvalue weighted by atomic mass is 32.2. The summed E-state index contributed by atoms with van der Waals surface area (Å²) >= 11 is 1.73. The first kappa shape index (κ1) is 16.1. The normalized spacial score (nSPS) is 13.1. The minimum absolute atomic E-state index is 0.0354. The summed E-state index contributed by atoms with van der Waals surface area (Å²) < 4.78 is 0. The zero-order chi connectivity index (χ0) is 14.5. The fraction of sp³-hybridized carbons (Fsp3) is 0.533. The second-order valence-electron chi connectivity index (χ2n) is 5.69. The van der Waals surface area contributed by atoms with E-state index in [1.165, 1.54) is 10.5 Å². The molecule has 0 fully saturated rings. The van der Waals surface area contributed by atoms with Crippen molar-refractivity contribution in [2.45, 2.75) is 50.7 Å². The zero-order valence-electron chi connectivity index (χ0n) is 12.4. The summed E-state index contributed by atoms with van der Waals surface area (Å²) in [5.41, 5.74) is 1.00. The number of hydrogen-bond donors (Lipinski definition) is 2. The third kappa shape index (κ3) is 6.12. The molecular formula is C15H24N2OS. The van der Waals surface area contributed by atoms with Crippen molar-refractivity contribution in [2.75, 3.05) is 6.26 Å². The van der Waals surface area contributed by atoms with E-state index in [1.807, 2.05) is 27.7 Å². The van der Waals surface area contributed by atoms with Crippen molar-refractivity contribution in [1.29, 1.82) is 0 Å². The largest absolute Gasteiger partial charge is 0.350 e. The van der Waals surface area contributed by atoms with E-state index in [9.17, 15) is 4.79 Å². The molecule has 1 aromatic rings. The van der Waals surface area contributed by atoms with E-state index in [1.54, 1.807) is 11.8 Å². The van der Waals surface area contributed by atoms with Crippen molar-refractivity contribution in [3.05, 3.63) is 29.8 Å². The van der Waals surface area contributed by atoms with Crippen molar-refractivity contribution in [3.8, 4) is 0 Å². The van der Waals surface area contributed by atoms with Gasteiger partial charge in [0, 0.05) is 17.0 Å². The summed E-state index contributed by atoms with van der Waals surface area (Å²) in [6.07, 6.45) is 2.06. The maximum Gasteiger partial charge on any atom is 0.237 e. The van der Waals surface area contributed by atoms with Crippen LogP contribution in [0.1, 0.15) is 33.3 Å². The number of amides is 1. The van der Waals surface area contributed by atoms with Gasteiger partial charge >= 0.3 is 0 Å². The highest BCUT2D eigenvalue weighted by molar-refractivity contribution is 7.98. The van der Waals surface area contributed by atoms with E-state index in [4.69, 9.17) is 0 Å². The maximum atomic E-state index is 11.9. The second kappa shape index (κ2) is 6.96. The van der Waals surface area contributed by atoms with Crippen LogP contribution in [-0.4, -0.2) is 23.7 Å². The number of nitrogens with one attached hydrogen (secondary N) is 2. The van der Waals surface area contributed by atoms with E-state index in [-0.39, 0.29) is 17.5 Å². The molecule has 0 radical (unpaired) electrons. The highest BCUT2D eigenvalue weighted by Gasteiger charge is 2.18. The lowest BCUT2D eigenvalue weighted by Gasteiger charge is -2.23. The molecule has 2 N–H and O–H groups in total. The first-order chi connectivity index (χ1) is 8.81. The molecule has 0 aromatic heterocycles. The van der Waals surface area contributed by atoms with Crippen molar-refractivity contribution in [2.24, 2.45) is 0 Å². The Morgan fingerprint density at radius 1 is 1.26 bits per heavy atom. The maximum absolute atomic E-state index is 11.9. The van der Waals surface area contributed by atoms with Crippen LogP contribution in [0.25, 0.3) is 0 Å². The molecule has 0 saturated heterocycles. The molecule has 1 amide bonds. The number of thioether (sulfide) groups is 1. The lowest BCUT2D eigenvalue weighted by molar-refractivity contribution is -0.124. The van der Waals surface area contributed by atoms with E-state index < -0.39 is 0 Å². The van der Waals surface area contributed by atoms with Gasteiger partial charge in [-0.05, 0) is 51.6 Å². The molecule has 0 saturated carbocycles. The van der Waals surface area contributed by atoms with Gasteiger partial charge in [0.25, 0.3) is 0 Å². The third-order valence-electron chi connectivity index (χ3n) is 2.66.